The Morgan fingerprint density at radius 3 is 2.71 bits per heavy atom. The Balaban J connectivity index is 2.51. The van der Waals surface area contributed by atoms with Gasteiger partial charge in [0.25, 0.3) is 5.91 Å². The third-order valence-corrected chi connectivity index (χ3v) is 2.82. The highest BCUT2D eigenvalue weighted by Gasteiger charge is 2.12. The van der Waals surface area contributed by atoms with Gasteiger partial charge in [-0.15, -0.1) is 0 Å². The van der Waals surface area contributed by atoms with E-state index in [9.17, 15) is 9.18 Å². The van der Waals surface area contributed by atoms with Crippen molar-refractivity contribution < 1.29 is 9.18 Å². The fourth-order valence-corrected chi connectivity index (χ4v) is 1.65. The molecule has 0 saturated heterocycles. The largest absolute Gasteiger partial charge is 0.350 e. The molecule has 3 nitrogen and oxygen atoms in total. The van der Waals surface area contributed by atoms with E-state index in [1.165, 1.54) is 18.3 Å². The molecule has 1 rings (SSSR count). The van der Waals surface area contributed by atoms with Crippen molar-refractivity contribution in [2.75, 3.05) is 0 Å². The van der Waals surface area contributed by atoms with E-state index in [1.54, 1.807) is 0 Å². The molecule has 0 aliphatic heterocycles. The Morgan fingerprint density at radius 2 is 2.18 bits per heavy atom. The van der Waals surface area contributed by atoms with Crippen molar-refractivity contribution in [3.05, 3.63) is 29.8 Å². The second-order valence-corrected chi connectivity index (χ2v) is 4.49. The number of amides is 1. The summed E-state index contributed by atoms with van der Waals surface area (Å²) in [6.07, 6.45) is 3.29. The van der Waals surface area contributed by atoms with Crippen LogP contribution >= 0.6 is 0 Å². The van der Waals surface area contributed by atoms with Crippen LogP contribution in [0.25, 0.3) is 0 Å². The topological polar surface area (TPSA) is 42.0 Å². The van der Waals surface area contributed by atoms with Crippen LogP contribution < -0.4 is 5.32 Å². The summed E-state index contributed by atoms with van der Waals surface area (Å²) < 4.78 is 12.6. The van der Waals surface area contributed by atoms with Crippen LogP contribution in [0.15, 0.2) is 18.3 Å². The molecular formula is C13H19FN2O. The zero-order valence-corrected chi connectivity index (χ0v) is 10.5. The number of aromatic nitrogens is 1. The van der Waals surface area contributed by atoms with E-state index in [2.05, 4.69) is 24.1 Å². The smallest absolute Gasteiger partial charge is 0.253 e. The van der Waals surface area contributed by atoms with E-state index < -0.39 is 5.95 Å². The zero-order chi connectivity index (χ0) is 12.8. The summed E-state index contributed by atoms with van der Waals surface area (Å²) in [6, 6.07) is 2.74. The van der Waals surface area contributed by atoms with Crippen LogP contribution in [0.3, 0.4) is 0 Å². The first kappa shape index (κ1) is 13.6. The molecule has 0 aromatic carbocycles. The quantitative estimate of drug-likeness (QED) is 0.801. The van der Waals surface area contributed by atoms with E-state index in [0.717, 1.165) is 12.8 Å². The Labute approximate surface area is 101 Å². The van der Waals surface area contributed by atoms with Gasteiger partial charge in [0.1, 0.15) is 0 Å². The normalized spacial score (nSPS) is 14.1. The van der Waals surface area contributed by atoms with Gasteiger partial charge in [0.15, 0.2) is 0 Å². The molecule has 2 atom stereocenters. The Morgan fingerprint density at radius 1 is 1.47 bits per heavy atom. The van der Waals surface area contributed by atoms with Crippen molar-refractivity contribution >= 4 is 5.91 Å². The average Bonchev–Trinajstić information content (AvgIpc) is 2.29. The molecular weight excluding hydrogens is 219 g/mol. The Hall–Kier alpha value is -1.45. The molecule has 94 valence electrons. The van der Waals surface area contributed by atoms with Crippen LogP contribution in [0.4, 0.5) is 4.39 Å². The molecule has 0 aliphatic rings. The minimum Gasteiger partial charge on any atom is -0.350 e. The first-order valence-electron chi connectivity index (χ1n) is 5.95. The van der Waals surface area contributed by atoms with Gasteiger partial charge in [-0.3, -0.25) is 4.79 Å². The molecule has 0 radical (unpaired) electrons. The summed E-state index contributed by atoms with van der Waals surface area (Å²) in [5.74, 6) is -0.195. The van der Waals surface area contributed by atoms with E-state index in [4.69, 9.17) is 0 Å². The van der Waals surface area contributed by atoms with Crippen molar-refractivity contribution in [2.45, 2.75) is 39.7 Å². The first-order valence-corrected chi connectivity index (χ1v) is 5.95. The SMILES string of the molecule is CCC(C)CC(C)NC(=O)c1ccc(F)nc1. The third-order valence-electron chi connectivity index (χ3n) is 2.82. The summed E-state index contributed by atoms with van der Waals surface area (Å²) in [5, 5.41) is 2.88. The fourth-order valence-electron chi connectivity index (χ4n) is 1.65. The lowest BCUT2D eigenvalue weighted by atomic mass is 10.0. The van der Waals surface area contributed by atoms with Gasteiger partial charge in [0, 0.05) is 12.2 Å². The lowest BCUT2D eigenvalue weighted by Gasteiger charge is -2.17. The Bertz CT molecular complexity index is 364. The minimum absolute atomic E-state index is 0.113. The zero-order valence-electron chi connectivity index (χ0n) is 10.5. The molecule has 1 aromatic rings. The molecule has 17 heavy (non-hydrogen) atoms. The molecule has 1 aromatic heterocycles. The van der Waals surface area contributed by atoms with Gasteiger partial charge < -0.3 is 5.32 Å². The standard InChI is InChI=1S/C13H19FN2O/c1-4-9(2)7-10(3)16-13(17)11-5-6-12(14)15-8-11/h5-6,8-10H,4,7H2,1-3H3,(H,16,17). The third kappa shape index (κ3) is 4.51. The second kappa shape index (κ2) is 6.33. The van der Waals surface area contributed by atoms with Gasteiger partial charge >= 0.3 is 0 Å². The van der Waals surface area contributed by atoms with Crippen LogP contribution in [0.2, 0.25) is 0 Å². The molecule has 1 N–H and O–H groups in total. The van der Waals surface area contributed by atoms with Gasteiger partial charge in [-0.25, -0.2) is 4.98 Å². The number of nitrogens with zero attached hydrogens (tertiary/aromatic N) is 1. The maximum Gasteiger partial charge on any atom is 0.253 e. The number of carbonyl (C=O) groups excluding carboxylic acids is 1. The maximum absolute atomic E-state index is 12.6. The van der Waals surface area contributed by atoms with E-state index >= 15 is 0 Å². The lowest BCUT2D eigenvalue weighted by Crippen LogP contribution is -2.33. The molecule has 0 saturated carbocycles. The average molecular weight is 238 g/mol. The van der Waals surface area contributed by atoms with E-state index in [0.29, 0.717) is 11.5 Å². The molecule has 1 heterocycles. The monoisotopic (exact) mass is 238 g/mol. The van der Waals surface area contributed by atoms with Crippen LogP contribution in [-0.4, -0.2) is 16.9 Å². The maximum atomic E-state index is 12.6. The van der Waals surface area contributed by atoms with Crippen molar-refractivity contribution in [3.8, 4) is 0 Å². The number of rotatable bonds is 5. The van der Waals surface area contributed by atoms with Gasteiger partial charge in [0.2, 0.25) is 5.95 Å². The summed E-state index contributed by atoms with van der Waals surface area (Å²) in [6.45, 7) is 6.26. The number of halogens is 1. The van der Waals surface area contributed by atoms with Crippen molar-refractivity contribution in [1.82, 2.24) is 10.3 Å². The van der Waals surface area contributed by atoms with Crippen molar-refractivity contribution in [3.63, 3.8) is 0 Å². The summed E-state index contributed by atoms with van der Waals surface area (Å²) in [7, 11) is 0. The highest BCUT2D eigenvalue weighted by atomic mass is 19.1. The second-order valence-electron chi connectivity index (χ2n) is 4.49. The highest BCUT2D eigenvalue weighted by Crippen LogP contribution is 2.10. The lowest BCUT2D eigenvalue weighted by molar-refractivity contribution is 0.0935. The minimum atomic E-state index is -0.575. The van der Waals surface area contributed by atoms with Crippen molar-refractivity contribution in [1.29, 1.82) is 0 Å². The number of hydrogen-bond donors (Lipinski definition) is 1. The summed E-state index contributed by atoms with van der Waals surface area (Å²) in [4.78, 5) is 15.2. The van der Waals surface area contributed by atoms with E-state index in [1.807, 2.05) is 6.92 Å². The predicted molar refractivity (Wildman–Crippen MR) is 65.2 cm³/mol. The number of pyridine rings is 1. The van der Waals surface area contributed by atoms with Gasteiger partial charge in [-0.1, -0.05) is 20.3 Å². The summed E-state index contributed by atoms with van der Waals surface area (Å²) >= 11 is 0. The van der Waals surface area contributed by atoms with Gasteiger partial charge in [-0.2, -0.15) is 4.39 Å². The van der Waals surface area contributed by atoms with Crippen LogP contribution in [-0.2, 0) is 0 Å². The van der Waals surface area contributed by atoms with Crippen LogP contribution in [0.1, 0.15) is 44.0 Å². The highest BCUT2D eigenvalue weighted by molar-refractivity contribution is 5.93. The number of nitrogens with one attached hydrogen (secondary N) is 1. The summed E-state index contributed by atoms with van der Waals surface area (Å²) in [5.41, 5.74) is 0.391. The fraction of sp³-hybridized carbons (Fsp3) is 0.538. The van der Waals surface area contributed by atoms with Gasteiger partial charge in [0.05, 0.1) is 5.56 Å². The van der Waals surface area contributed by atoms with E-state index in [-0.39, 0.29) is 11.9 Å². The molecule has 2 unspecified atom stereocenters. The molecule has 0 aliphatic carbocycles. The predicted octanol–water partition coefficient (Wildman–Crippen LogP) is 2.78. The molecule has 4 heteroatoms. The molecule has 0 spiro atoms. The van der Waals surface area contributed by atoms with Crippen molar-refractivity contribution in [2.24, 2.45) is 5.92 Å². The molecule has 0 bridgehead atoms. The number of hydrogen-bond acceptors (Lipinski definition) is 2. The molecule has 0 fully saturated rings. The van der Waals surface area contributed by atoms with Crippen LogP contribution in [0.5, 0.6) is 0 Å². The number of carbonyl (C=O) groups is 1. The Kier molecular flexibility index (Phi) is 5.07. The first-order chi connectivity index (χ1) is 8.02. The molecule has 1 amide bonds. The van der Waals surface area contributed by atoms with Gasteiger partial charge in [-0.05, 0) is 31.4 Å². The van der Waals surface area contributed by atoms with Crippen LogP contribution in [0, 0.1) is 11.9 Å².